The van der Waals surface area contributed by atoms with Gasteiger partial charge in [0.2, 0.25) is 5.91 Å². The zero-order valence-electron chi connectivity index (χ0n) is 9.28. The molecule has 1 rings (SSSR count). The van der Waals surface area contributed by atoms with Gasteiger partial charge in [0.05, 0.1) is 25.9 Å². The normalized spacial score (nSPS) is 21.8. The molecule has 5 N–H and O–H groups in total. The summed E-state index contributed by atoms with van der Waals surface area (Å²) in [5.74, 6) is -0.281. The van der Waals surface area contributed by atoms with Crippen molar-refractivity contribution in [2.45, 2.75) is 30.8 Å². The Kier molecular flexibility index (Phi) is 5.14. The van der Waals surface area contributed by atoms with E-state index in [9.17, 15) is 4.79 Å². The predicted molar refractivity (Wildman–Crippen MR) is 57.8 cm³/mol. The van der Waals surface area contributed by atoms with E-state index in [1.165, 1.54) is 0 Å². The second-order valence-electron chi connectivity index (χ2n) is 4.25. The van der Waals surface area contributed by atoms with Gasteiger partial charge in [-0.05, 0) is 19.4 Å². The molecule has 16 heavy (non-hydrogen) atoms. The fourth-order valence-electron chi connectivity index (χ4n) is 1.69. The summed E-state index contributed by atoms with van der Waals surface area (Å²) in [6.45, 7) is -0.669. The van der Waals surface area contributed by atoms with Crippen molar-refractivity contribution in [1.82, 2.24) is 10.6 Å². The van der Waals surface area contributed by atoms with Crippen LogP contribution in [0.1, 0.15) is 19.3 Å². The molecule has 1 atom stereocenters. The summed E-state index contributed by atoms with van der Waals surface area (Å²) < 4.78 is 0. The third-order valence-electron chi connectivity index (χ3n) is 2.92. The number of carbonyl (C=O) groups is 1. The average Bonchev–Trinajstić information content (AvgIpc) is 2.37. The van der Waals surface area contributed by atoms with Crippen LogP contribution in [0.15, 0.2) is 0 Å². The van der Waals surface area contributed by atoms with E-state index in [1.807, 2.05) is 0 Å². The second-order valence-corrected chi connectivity index (χ2v) is 4.25. The minimum absolute atomic E-state index is 0.281. The minimum atomic E-state index is -1.32. The molecule has 0 spiro atoms. The summed E-state index contributed by atoms with van der Waals surface area (Å²) in [5, 5.41) is 32.8. The van der Waals surface area contributed by atoms with E-state index in [2.05, 4.69) is 10.6 Å². The lowest BCUT2D eigenvalue weighted by atomic mass is 10.00. The standard InChI is InChI=1S/C10H20N2O4/c13-5-10(6-14,7-15)12-9(16)8-3-1-2-4-11-8/h8,11,13-15H,1-7H2,(H,12,16)/t8-/m1/s1. The van der Waals surface area contributed by atoms with Gasteiger partial charge in [0.25, 0.3) is 0 Å². The number of amides is 1. The van der Waals surface area contributed by atoms with Crippen LogP contribution in [0.2, 0.25) is 0 Å². The number of nitrogens with one attached hydrogen (secondary N) is 2. The smallest absolute Gasteiger partial charge is 0.237 e. The van der Waals surface area contributed by atoms with Crippen molar-refractivity contribution in [3.63, 3.8) is 0 Å². The predicted octanol–water partition coefficient (Wildman–Crippen LogP) is -2.04. The van der Waals surface area contributed by atoms with Crippen LogP contribution in [0.5, 0.6) is 0 Å². The van der Waals surface area contributed by atoms with Crippen molar-refractivity contribution in [1.29, 1.82) is 0 Å². The van der Waals surface area contributed by atoms with Crippen molar-refractivity contribution in [2.24, 2.45) is 0 Å². The molecule has 0 unspecified atom stereocenters. The molecule has 0 bridgehead atoms. The van der Waals surface area contributed by atoms with Gasteiger partial charge in [-0.25, -0.2) is 0 Å². The summed E-state index contributed by atoms with van der Waals surface area (Å²) in [6.07, 6.45) is 2.77. The van der Waals surface area contributed by atoms with E-state index >= 15 is 0 Å². The Morgan fingerprint density at radius 1 is 1.25 bits per heavy atom. The molecule has 6 nitrogen and oxygen atoms in total. The average molecular weight is 232 g/mol. The zero-order chi connectivity index (χ0) is 12.0. The van der Waals surface area contributed by atoms with E-state index in [0.717, 1.165) is 25.8 Å². The molecular formula is C10H20N2O4. The molecule has 1 aliphatic rings. The number of hydrogen-bond donors (Lipinski definition) is 5. The number of carbonyl (C=O) groups excluding carboxylic acids is 1. The lowest BCUT2D eigenvalue weighted by molar-refractivity contribution is -0.128. The number of piperidine rings is 1. The Balaban J connectivity index is 2.53. The lowest BCUT2D eigenvalue weighted by Gasteiger charge is -2.32. The quantitative estimate of drug-likeness (QED) is 0.376. The minimum Gasteiger partial charge on any atom is -0.394 e. The van der Waals surface area contributed by atoms with Gasteiger partial charge in [0.1, 0.15) is 5.54 Å². The maximum absolute atomic E-state index is 11.8. The van der Waals surface area contributed by atoms with Gasteiger partial charge < -0.3 is 26.0 Å². The van der Waals surface area contributed by atoms with E-state index in [4.69, 9.17) is 15.3 Å². The highest BCUT2D eigenvalue weighted by molar-refractivity contribution is 5.82. The maximum atomic E-state index is 11.8. The van der Waals surface area contributed by atoms with Crippen LogP contribution in [0, 0.1) is 0 Å². The molecule has 94 valence electrons. The monoisotopic (exact) mass is 232 g/mol. The number of rotatable bonds is 5. The molecule has 0 aromatic carbocycles. The van der Waals surface area contributed by atoms with Gasteiger partial charge in [-0.2, -0.15) is 0 Å². The Bertz CT molecular complexity index is 217. The van der Waals surface area contributed by atoms with Crippen LogP contribution in [0.25, 0.3) is 0 Å². The first-order valence-electron chi connectivity index (χ1n) is 5.55. The summed E-state index contributed by atoms with van der Waals surface area (Å²) >= 11 is 0. The Morgan fingerprint density at radius 3 is 2.31 bits per heavy atom. The molecule has 0 aliphatic carbocycles. The fraction of sp³-hybridized carbons (Fsp3) is 0.900. The van der Waals surface area contributed by atoms with Crippen molar-refractivity contribution < 1.29 is 20.1 Å². The summed E-state index contributed by atoms with van der Waals surface area (Å²) in [5.41, 5.74) is -1.32. The molecule has 1 aliphatic heterocycles. The molecule has 1 saturated heterocycles. The first kappa shape index (κ1) is 13.4. The Hall–Kier alpha value is -0.690. The highest BCUT2D eigenvalue weighted by atomic mass is 16.3. The topological polar surface area (TPSA) is 102 Å². The van der Waals surface area contributed by atoms with Crippen molar-refractivity contribution in [2.75, 3.05) is 26.4 Å². The van der Waals surface area contributed by atoms with E-state index in [0.29, 0.717) is 0 Å². The van der Waals surface area contributed by atoms with Crippen LogP contribution < -0.4 is 10.6 Å². The van der Waals surface area contributed by atoms with Crippen LogP contribution >= 0.6 is 0 Å². The van der Waals surface area contributed by atoms with E-state index in [-0.39, 0.29) is 11.9 Å². The maximum Gasteiger partial charge on any atom is 0.237 e. The molecule has 0 aromatic rings. The zero-order valence-corrected chi connectivity index (χ0v) is 9.28. The van der Waals surface area contributed by atoms with Crippen LogP contribution in [0.4, 0.5) is 0 Å². The van der Waals surface area contributed by atoms with Crippen molar-refractivity contribution in [3.8, 4) is 0 Å². The van der Waals surface area contributed by atoms with Gasteiger partial charge in [0, 0.05) is 0 Å². The third kappa shape index (κ3) is 3.15. The van der Waals surface area contributed by atoms with Crippen LogP contribution in [0.3, 0.4) is 0 Å². The molecule has 1 fully saturated rings. The molecule has 1 heterocycles. The van der Waals surface area contributed by atoms with E-state index in [1.54, 1.807) is 0 Å². The Labute approximate surface area is 94.7 Å². The van der Waals surface area contributed by atoms with Gasteiger partial charge in [-0.15, -0.1) is 0 Å². The number of aliphatic hydroxyl groups excluding tert-OH is 3. The van der Waals surface area contributed by atoms with Crippen LogP contribution in [-0.4, -0.2) is 59.2 Å². The SMILES string of the molecule is O=C(NC(CO)(CO)CO)[C@H]1CCCCN1. The Morgan fingerprint density at radius 2 is 1.88 bits per heavy atom. The van der Waals surface area contributed by atoms with Crippen molar-refractivity contribution in [3.05, 3.63) is 0 Å². The van der Waals surface area contributed by atoms with Gasteiger partial charge in [0.15, 0.2) is 0 Å². The highest BCUT2D eigenvalue weighted by Gasteiger charge is 2.32. The largest absolute Gasteiger partial charge is 0.394 e. The molecule has 1 amide bonds. The first-order chi connectivity index (χ1) is 7.67. The van der Waals surface area contributed by atoms with Gasteiger partial charge in [-0.1, -0.05) is 6.42 Å². The fourth-order valence-corrected chi connectivity index (χ4v) is 1.69. The summed E-state index contributed by atoms with van der Waals surface area (Å²) in [7, 11) is 0. The molecule has 0 saturated carbocycles. The summed E-state index contributed by atoms with van der Waals surface area (Å²) in [4.78, 5) is 11.8. The first-order valence-corrected chi connectivity index (χ1v) is 5.55. The van der Waals surface area contributed by atoms with Crippen LogP contribution in [-0.2, 0) is 4.79 Å². The summed E-state index contributed by atoms with van der Waals surface area (Å²) in [6, 6.07) is -0.294. The van der Waals surface area contributed by atoms with E-state index < -0.39 is 25.4 Å². The van der Waals surface area contributed by atoms with Crippen molar-refractivity contribution >= 4 is 5.91 Å². The lowest BCUT2D eigenvalue weighted by Crippen LogP contribution is -2.61. The number of aliphatic hydroxyl groups is 3. The molecule has 6 heteroatoms. The molecule has 0 aromatic heterocycles. The van der Waals surface area contributed by atoms with Gasteiger partial charge in [-0.3, -0.25) is 4.79 Å². The molecular weight excluding hydrogens is 212 g/mol. The van der Waals surface area contributed by atoms with Gasteiger partial charge >= 0.3 is 0 Å². The second kappa shape index (κ2) is 6.15. The molecule has 0 radical (unpaired) electrons. The highest BCUT2D eigenvalue weighted by Crippen LogP contribution is 2.09. The number of hydrogen-bond acceptors (Lipinski definition) is 5. The third-order valence-corrected chi connectivity index (χ3v) is 2.92.